The van der Waals surface area contributed by atoms with Crippen molar-refractivity contribution in [3.63, 3.8) is 0 Å². The largest absolute Gasteiger partial charge is 0.480 e. The van der Waals surface area contributed by atoms with Gasteiger partial charge in [-0.05, 0) is 35.4 Å². The van der Waals surface area contributed by atoms with Gasteiger partial charge in [0.2, 0.25) is 5.91 Å². The fourth-order valence-corrected chi connectivity index (χ4v) is 2.63. The van der Waals surface area contributed by atoms with E-state index in [1.807, 2.05) is 0 Å². The van der Waals surface area contributed by atoms with Gasteiger partial charge in [0.25, 0.3) is 0 Å². The Bertz CT molecular complexity index is 767. The molecule has 0 heterocycles. The van der Waals surface area contributed by atoms with Crippen LogP contribution in [0.25, 0.3) is 0 Å². The number of nitrogens with one attached hydrogen (secondary N) is 1. The van der Waals surface area contributed by atoms with Crippen molar-refractivity contribution in [3.05, 3.63) is 69.7 Å². The minimum absolute atomic E-state index is 0.109. The van der Waals surface area contributed by atoms with Gasteiger partial charge in [-0.15, -0.1) is 0 Å². The van der Waals surface area contributed by atoms with Gasteiger partial charge in [0.1, 0.15) is 6.04 Å². The van der Waals surface area contributed by atoms with E-state index in [0.717, 1.165) is 22.2 Å². The third kappa shape index (κ3) is 5.13. The molecule has 0 saturated heterocycles. The summed E-state index contributed by atoms with van der Waals surface area (Å²) in [6.07, 6.45) is -0.127. The molecule has 0 aliphatic rings. The average molecular weight is 398 g/mol. The smallest absolute Gasteiger partial charge is 0.326 e. The Balaban J connectivity index is 2.02. The zero-order chi connectivity index (χ0) is 17.7. The zero-order valence-corrected chi connectivity index (χ0v) is 14.0. The molecule has 0 spiro atoms. The monoisotopic (exact) mass is 397 g/mol. The molecule has 2 aromatic carbocycles. The van der Waals surface area contributed by atoms with E-state index in [1.165, 1.54) is 6.07 Å². The molecule has 2 aromatic rings. The number of carbonyl (C=O) groups excluding carboxylic acids is 1. The van der Waals surface area contributed by atoms with Crippen LogP contribution in [0.3, 0.4) is 0 Å². The molecule has 0 saturated carbocycles. The summed E-state index contributed by atoms with van der Waals surface area (Å²) in [4.78, 5) is 23.3. The van der Waals surface area contributed by atoms with E-state index >= 15 is 0 Å². The van der Waals surface area contributed by atoms with E-state index in [0.29, 0.717) is 0 Å². The van der Waals surface area contributed by atoms with Crippen LogP contribution in [0.4, 0.5) is 8.78 Å². The van der Waals surface area contributed by atoms with Crippen LogP contribution in [0, 0.1) is 11.6 Å². The van der Waals surface area contributed by atoms with Crippen LogP contribution < -0.4 is 5.32 Å². The first kappa shape index (κ1) is 18.1. The van der Waals surface area contributed by atoms with E-state index in [-0.39, 0.29) is 18.4 Å². The summed E-state index contributed by atoms with van der Waals surface area (Å²) in [6.45, 7) is 0. The molecular formula is C17H14BrF2NO3. The summed E-state index contributed by atoms with van der Waals surface area (Å²) in [6, 6.07) is 9.09. The van der Waals surface area contributed by atoms with Crippen LogP contribution in [0.1, 0.15) is 11.1 Å². The lowest BCUT2D eigenvalue weighted by atomic mass is 10.1. The number of benzene rings is 2. The third-order valence-electron chi connectivity index (χ3n) is 3.31. The summed E-state index contributed by atoms with van der Waals surface area (Å²) >= 11 is 3.30. The number of hydrogen-bond acceptors (Lipinski definition) is 2. The maximum absolute atomic E-state index is 13.1. The average Bonchev–Trinajstić information content (AvgIpc) is 2.50. The highest BCUT2D eigenvalue weighted by molar-refractivity contribution is 9.10. The van der Waals surface area contributed by atoms with Crippen molar-refractivity contribution in [1.82, 2.24) is 5.32 Å². The second-order valence-electron chi connectivity index (χ2n) is 5.22. The van der Waals surface area contributed by atoms with E-state index in [4.69, 9.17) is 0 Å². The molecule has 2 rings (SSSR count). The van der Waals surface area contributed by atoms with E-state index in [2.05, 4.69) is 21.2 Å². The van der Waals surface area contributed by atoms with Crippen LogP contribution >= 0.6 is 15.9 Å². The lowest BCUT2D eigenvalue weighted by Crippen LogP contribution is -2.43. The normalized spacial score (nSPS) is 11.8. The molecule has 1 atom stereocenters. The Morgan fingerprint density at radius 3 is 2.46 bits per heavy atom. The number of halogens is 3. The topological polar surface area (TPSA) is 66.4 Å². The molecule has 0 unspecified atom stereocenters. The number of amides is 1. The highest BCUT2D eigenvalue weighted by Crippen LogP contribution is 2.14. The Kier molecular flexibility index (Phi) is 6.03. The summed E-state index contributed by atoms with van der Waals surface area (Å²) in [5.41, 5.74) is 1.00. The van der Waals surface area contributed by atoms with Crippen molar-refractivity contribution in [3.8, 4) is 0 Å². The number of hydrogen-bond donors (Lipinski definition) is 2. The highest BCUT2D eigenvalue weighted by atomic mass is 79.9. The van der Waals surface area contributed by atoms with Crippen LogP contribution in [0.15, 0.2) is 46.9 Å². The molecule has 4 nitrogen and oxygen atoms in total. The first-order chi connectivity index (χ1) is 11.3. The van der Waals surface area contributed by atoms with Gasteiger partial charge in [0.05, 0.1) is 6.42 Å². The van der Waals surface area contributed by atoms with Gasteiger partial charge < -0.3 is 10.4 Å². The van der Waals surface area contributed by atoms with E-state index in [1.54, 1.807) is 24.3 Å². The molecule has 0 aromatic heterocycles. The fourth-order valence-electron chi connectivity index (χ4n) is 2.18. The molecule has 0 bridgehead atoms. The van der Waals surface area contributed by atoms with Gasteiger partial charge in [-0.1, -0.05) is 34.1 Å². The molecule has 126 valence electrons. The van der Waals surface area contributed by atoms with Crippen molar-refractivity contribution >= 4 is 27.8 Å². The van der Waals surface area contributed by atoms with E-state index in [9.17, 15) is 23.5 Å². The molecular weight excluding hydrogens is 384 g/mol. The molecule has 2 N–H and O–H groups in total. The molecule has 7 heteroatoms. The van der Waals surface area contributed by atoms with Gasteiger partial charge in [-0.2, -0.15) is 0 Å². The molecule has 0 aliphatic carbocycles. The third-order valence-corrected chi connectivity index (χ3v) is 3.80. The van der Waals surface area contributed by atoms with Crippen molar-refractivity contribution in [2.24, 2.45) is 0 Å². The Labute approximate surface area is 145 Å². The van der Waals surface area contributed by atoms with Crippen LogP contribution in [0.5, 0.6) is 0 Å². The lowest BCUT2D eigenvalue weighted by molar-refractivity contribution is -0.141. The molecule has 1 amide bonds. The predicted molar refractivity (Wildman–Crippen MR) is 87.5 cm³/mol. The maximum atomic E-state index is 13.1. The first-order valence-electron chi connectivity index (χ1n) is 7.05. The minimum atomic E-state index is -1.17. The number of carboxylic acid groups (broad SMARTS) is 1. The maximum Gasteiger partial charge on any atom is 0.326 e. The van der Waals surface area contributed by atoms with Crippen molar-refractivity contribution in [2.75, 3.05) is 0 Å². The SMILES string of the molecule is O=C(Cc1ccc(F)c(F)c1)N[C@H](Cc1cccc(Br)c1)C(=O)O. The standard InChI is InChI=1S/C17H14BrF2NO3/c18-12-3-1-2-10(6-12)8-15(17(23)24)21-16(22)9-11-4-5-13(19)14(20)7-11/h1-7,15H,8-9H2,(H,21,22)(H,23,24)/t15-/m1/s1. The Morgan fingerprint density at radius 1 is 1.08 bits per heavy atom. The highest BCUT2D eigenvalue weighted by Gasteiger charge is 2.20. The van der Waals surface area contributed by atoms with Crippen LogP contribution in [-0.4, -0.2) is 23.0 Å². The van der Waals surface area contributed by atoms with Gasteiger partial charge in [-0.3, -0.25) is 4.79 Å². The Hall–Kier alpha value is -2.28. The fraction of sp³-hybridized carbons (Fsp3) is 0.176. The number of aliphatic carboxylic acids is 1. The molecule has 0 radical (unpaired) electrons. The summed E-state index contributed by atoms with van der Waals surface area (Å²) in [5.74, 6) is -3.81. The zero-order valence-electron chi connectivity index (χ0n) is 12.4. The molecule has 0 aliphatic heterocycles. The Morgan fingerprint density at radius 2 is 1.83 bits per heavy atom. The second kappa shape index (κ2) is 8.01. The second-order valence-corrected chi connectivity index (χ2v) is 6.13. The molecule has 24 heavy (non-hydrogen) atoms. The number of rotatable bonds is 6. The van der Waals surface area contributed by atoms with Gasteiger partial charge in [0, 0.05) is 10.9 Å². The van der Waals surface area contributed by atoms with Crippen LogP contribution in [0.2, 0.25) is 0 Å². The van der Waals surface area contributed by atoms with Gasteiger partial charge >= 0.3 is 5.97 Å². The van der Waals surface area contributed by atoms with Gasteiger partial charge in [0.15, 0.2) is 11.6 Å². The van der Waals surface area contributed by atoms with E-state index < -0.39 is 29.6 Å². The quantitative estimate of drug-likeness (QED) is 0.786. The lowest BCUT2D eigenvalue weighted by Gasteiger charge is -2.15. The molecule has 0 fully saturated rings. The number of carbonyl (C=O) groups is 2. The minimum Gasteiger partial charge on any atom is -0.480 e. The summed E-state index contributed by atoms with van der Waals surface area (Å²) in [5, 5.41) is 11.7. The summed E-state index contributed by atoms with van der Waals surface area (Å²) in [7, 11) is 0. The van der Waals surface area contributed by atoms with Crippen molar-refractivity contribution in [1.29, 1.82) is 0 Å². The van der Waals surface area contributed by atoms with Crippen molar-refractivity contribution in [2.45, 2.75) is 18.9 Å². The summed E-state index contributed by atoms with van der Waals surface area (Å²) < 4.78 is 26.8. The van der Waals surface area contributed by atoms with Crippen LogP contribution in [-0.2, 0) is 22.4 Å². The van der Waals surface area contributed by atoms with Gasteiger partial charge in [-0.25, -0.2) is 13.6 Å². The first-order valence-corrected chi connectivity index (χ1v) is 7.85. The number of carboxylic acids is 1. The van der Waals surface area contributed by atoms with Crippen molar-refractivity contribution < 1.29 is 23.5 Å². The predicted octanol–water partition coefficient (Wildman–Crippen LogP) is 3.08.